The zero-order valence-electron chi connectivity index (χ0n) is 17.5. The number of amides is 2. The molecular weight excluding hydrogens is 360 g/mol. The molecule has 1 aliphatic heterocycles. The quantitative estimate of drug-likeness (QED) is 0.767. The van der Waals surface area contributed by atoms with Gasteiger partial charge >= 0.3 is 0 Å². The summed E-state index contributed by atoms with van der Waals surface area (Å²) in [4.78, 5) is 27.8. The van der Waals surface area contributed by atoms with Crippen LogP contribution in [0.1, 0.15) is 50.2 Å². The molecular formula is C25H32N2O2. The van der Waals surface area contributed by atoms with Gasteiger partial charge < -0.3 is 10.2 Å². The van der Waals surface area contributed by atoms with Gasteiger partial charge in [0.1, 0.15) is 0 Å². The Morgan fingerprint density at radius 1 is 0.931 bits per heavy atom. The molecule has 2 amide bonds. The summed E-state index contributed by atoms with van der Waals surface area (Å²) >= 11 is 0. The molecule has 1 heterocycles. The molecule has 0 spiro atoms. The van der Waals surface area contributed by atoms with Crippen molar-refractivity contribution < 1.29 is 9.59 Å². The highest BCUT2D eigenvalue weighted by Gasteiger charge is 2.32. The molecule has 0 radical (unpaired) electrons. The SMILES string of the molecule is CC(C)CCNC(=O)C1CCN(C(=O)C(c2ccccc2)c2ccccc2)CC1. The third-order valence-electron chi connectivity index (χ3n) is 5.71. The molecule has 1 N–H and O–H groups in total. The van der Waals surface area contributed by atoms with Crippen molar-refractivity contribution in [3.05, 3.63) is 71.8 Å². The lowest BCUT2D eigenvalue weighted by Gasteiger charge is -2.34. The average Bonchev–Trinajstić information content (AvgIpc) is 2.75. The number of carbonyl (C=O) groups excluding carboxylic acids is 2. The fraction of sp³-hybridized carbons (Fsp3) is 0.440. The number of benzene rings is 2. The van der Waals surface area contributed by atoms with E-state index in [1.807, 2.05) is 65.6 Å². The Morgan fingerprint density at radius 3 is 1.93 bits per heavy atom. The number of likely N-dealkylation sites (tertiary alicyclic amines) is 1. The minimum atomic E-state index is -0.297. The van der Waals surface area contributed by atoms with Crippen molar-refractivity contribution >= 4 is 11.8 Å². The molecule has 3 rings (SSSR count). The number of carbonyl (C=O) groups is 2. The van der Waals surface area contributed by atoms with E-state index in [9.17, 15) is 9.59 Å². The molecule has 2 aromatic carbocycles. The number of hydrogen-bond donors (Lipinski definition) is 1. The van der Waals surface area contributed by atoms with Gasteiger partial charge in [-0.25, -0.2) is 0 Å². The molecule has 0 atom stereocenters. The second kappa shape index (κ2) is 10.2. The van der Waals surface area contributed by atoms with Crippen molar-refractivity contribution in [1.29, 1.82) is 0 Å². The van der Waals surface area contributed by atoms with Crippen molar-refractivity contribution in [3.63, 3.8) is 0 Å². The summed E-state index contributed by atoms with van der Waals surface area (Å²) in [5, 5.41) is 3.06. The van der Waals surface area contributed by atoms with Crippen molar-refractivity contribution in [3.8, 4) is 0 Å². The van der Waals surface area contributed by atoms with E-state index in [0.29, 0.717) is 19.0 Å². The van der Waals surface area contributed by atoms with E-state index in [1.54, 1.807) is 0 Å². The maximum Gasteiger partial charge on any atom is 0.234 e. The van der Waals surface area contributed by atoms with Gasteiger partial charge in [0.2, 0.25) is 11.8 Å². The summed E-state index contributed by atoms with van der Waals surface area (Å²) in [7, 11) is 0. The summed E-state index contributed by atoms with van der Waals surface area (Å²) in [6.07, 6.45) is 2.46. The molecule has 4 heteroatoms. The van der Waals surface area contributed by atoms with Crippen molar-refractivity contribution in [2.24, 2.45) is 11.8 Å². The maximum absolute atomic E-state index is 13.4. The molecule has 0 bridgehead atoms. The molecule has 0 unspecified atom stereocenters. The van der Waals surface area contributed by atoms with Gasteiger partial charge in [-0.3, -0.25) is 9.59 Å². The van der Waals surface area contributed by atoms with Crippen LogP contribution in [0, 0.1) is 11.8 Å². The lowest BCUT2D eigenvalue weighted by atomic mass is 9.88. The molecule has 4 nitrogen and oxygen atoms in total. The minimum absolute atomic E-state index is 0.0121. The van der Waals surface area contributed by atoms with Gasteiger partial charge in [-0.1, -0.05) is 74.5 Å². The lowest BCUT2D eigenvalue weighted by molar-refractivity contribution is -0.136. The Balaban J connectivity index is 1.64. The smallest absolute Gasteiger partial charge is 0.234 e. The molecule has 1 saturated heterocycles. The molecule has 0 saturated carbocycles. The Morgan fingerprint density at radius 2 is 1.45 bits per heavy atom. The Hall–Kier alpha value is -2.62. The van der Waals surface area contributed by atoms with Crippen LogP contribution in [-0.4, -0.2) is 36.3 Å². The van der Waals surface area contributed by atoms with E-state index < -0.39 is 0 Å². The normalized spacial score (nSPS) is 15.0. The first-order chi connectivity index (χ1) is 14.1. The van der Waals surface area contributed by atoms with E-state index in [1.165, 1.54) is 0 Å². The van der Waals surface area contributed by atoms with E-state index in [4.69, 9.17) is 0 Å². The lowest BCUT2D eigenvalue weighted by Crippen LogP contribution is -2.45. The van der Waals surface area contributed by atoms with Crippen LogP contribution in [0.2, 0.25) is 0 Å². The molecule has 1 fully saturated rings. The summed E-state index contributed by atoms with van der Waals surface area (Å²) in [5.41, 5.74) is 2.02. The van der Waals surface area contributed by atoms with Crippen LogP contribution in [0.5, 0.6) is 0 Å². The molecule has 154 valence electrons. The summed E-state index contributed by atoms with van der Waals surface area (Å²) in [6, 6.07) is 19.9. The van der Waals surface area contributed by atoms with Gasteiger partial charge in [0.05, 0.1) is 5.92 Å². The Kier molecular flexibility index (Phi) is 7.45. The monoisotopic (exact) mass is 392 g/mol. The zero-order valence-corrected chi connectivity index (χ0v) is 17.5. The van der Waals surface area contributed by atoms with Gasteiger partial charge in [-0.2, -0.15) is 0 Å². The number of nitrogens with one attached hydrogen (secondary N) is 1. The van der Waals surface area contributed by atoms with E-state index in [-0.39, 0.29) is 23.7 Å². The number of rotatable bonds is 7. The van der Waals surface area contributed by atoms with Crippen LogP contribution >= 0.6 is 0 Å². The van der Waals surface area contributed by atoms with Crippen LogP contribution in [0.25, 0.3) is 0 Å². The largest absolute Gasteiger partial charge is 0.356 e. The molecule has 29 heavy (non-hydrogen) atoms. The third kappa shape index (κ3) is 5.69. The van der Waals surface area contributed by atoms with Gasteiger partial charge in [-0.05, 0) is 36.3 Å². The van der Waals surface area contributed by atoms with Crippen molar-refractivity contribution in [2.45, 2.75) is 39.0 Å². The second-order valence-corrected chi connectivity index (χ2v) is 8.33. The number of nitrogens with zero attached hydrogens (tertiary/aromatic N) is 1. The third-order valence-corrected chi connectivity index (χ3v) is 5.71. The molecule has 0 aliphatic carbocycles. The van der Waals surface area contributed by atoms with E-state index >= 15 is 0 Å². The maximum atomic E-state index is 13.4. The van der Waals surface area contributed by atoms with Gasteiger partial charge in [0.15, 0.2) is 0 Å². The van der Waals surface area contributed by atoms with Gasteiger partial charge in [0.25, 0.3) is 0 Å². The fourth-order valence-electron chi connectivity index (χ4n) is 3.94. The predicted molar refractivity (Wildman–Crippen MR) is 116 cm³/mol. The topological polar surface area (TPSA) is 49.4 Å². The summed E-state index contributed by atoms with van der Waals surface area (Å²) in [5.74, 6) is 0.566. The van der Waals surface area contributed by atoms with Crippen LogP contribution in [0.3, 0.4) is 0 Å². The van der Waals surface area contributed by atoms with E-state index in [2.05, 4.69) is 19.2 Å². The fourth-order valence-corrected chi connectivity index (χ4v) is 3.94. The first-order valence-corrected chi connectivity index (χ1v) is 10.7. The zero-order chi connectivity index (χ0) is 20.6. The van der Waals surface area contributed by atoms with Gasteiger partial charge in [0, 0.05) is 25.6 Å². The predicted octanol–water partition coefficient (Wildman–Crippen LogP) is 4.22. The highest BCUT2D eigenvalue weighted by atomic mass is 16.2. The minimum Gasteiger partial charge on any atom is -0.356 e. The first kappa shape index (κ1) is 21.1. The van der Waals surface area contributed by atoms with Crippen LogP contribution in [0.4, 0.5) is 0 Å². The van der Waals surface area contributed by atoms with Crippen LogP contribution in [0.15, 0.2) is 60.7 Å². The van der Waals surface area contributed by atoms with Crippen LogP contribution < -0.4 is 5.32 Å². The van der Waals surface area contributed by atoms with E-state index in [0.717, 1.165) is 36.9 Å². The molecule has 0 aromatic heterocycles. The summed E-state index contributed by atoms with van der Waals surface area (Å²) < 4.78 is 0. The van der Waals surface area contributed by atoms with Gasteiger partial charge in [-0.15, -0.1) is 0 Å². The molecule has 1 aliphatic rings. The average molecular weight is 393 g/mol. The molecule has 2 aromatic rings. The number of hydrogen-bond acceptors (Lipinski definition) is 2. The van der Waals surface area contributed by atoms with Crippen molar-refractivity contribution in [1.82, 2.24) is 10.2 Å². The Labute approximate surface area is 174 Å². The van der Waals surface area contributed by atoms with Crippen molar-refractivity contribution in [2.75, 3.05) is 19.6 Å². The highest BCUT2D eigenvalue weighted by Crippen LogP contribution is 2.29. The second-order valence-electron chi connectivity index (χ2n) is 8.33. The van der Waals surface area contributed by atoms with Crippen LogP contribution in [-0.2, 0) is 9.59 Å². The Bertz CT molecular complexity index is 741. The first-order valence-electron chi connectivity index (χ1n) is 10.7. The summed E-state index contributed by atoms with van der Waals surface area (Å²) in [6.45, 7) is 6.33. The highest BCUT2D eigenvalue weighted by molar-refractivity contribution is 5.87. The number of piperidine rings is 1. The standard InChI is InChI=1S/C25H32N2O2/c1-19(2)13-16-26-24(28)22-14-17-27(18-15-22)25(29)23(20-9-5-3-6-10-20)21-11-7-4-8-12-21/h3-12,19,22-23H,13-18H2,1-2H3,(H,26,28).